The molecule has 7 heteroatoms. The number of Topliss-reactive ketones (excluding diaryl/α,β-unsaturated/α-hetero) is 1. The summed E-state index contributed by atoms with van der Waals surface area (Å²) in [6, 6.07) is 6.64. The average molecular weight is 484 g/mol. The number of ether oxygens (including phenoxy) is 1. The van der Waals surface area contributed by atoms with E-state index in [1.807, 2.05) is 11.3 Å². The highest BCUT2D eigenvalue weighted by Gasteiger charge is 2.25. The maximum absolute atomic E-state index is 12.8. The van der Waals surface area contributed by atoms with Gasteiger partial charge in [-0.2, -0.15) is 0 Å². The molecule has 4 heterocycles. The number of nitrogens with one attached hydrogen (secondary N) is 1. The maximum atomic E-state index is 12.8. The predicted octanol–water partition coefficient (Wildman–Crippen LogP) is 5.45. The minimum atomic E-state index is 0.360. The molecule has 0 aliphatic carbocycles. The lowest BCUT2D eigenvalue weighted by Crippen LogP contribution is -2.36. The molecule has 33 heavy (non-hydrogen) atoms. The van der Waals surface area contributed by atoms with Crippen LogP contribution >= 0.6 is 22.7 Å². The molecule has 1 fully saturated rings. The summed E-state index contributed by atoms with van der Waals surface area (Å²) < 4.78 is 6.72. The molecule has 176 valence electrons. The Labute approximate surface area is 204 Å². The van der Waals surface area contributed by atoms with Crippen LogP contribution in [-0.2, 0) is 28.9 Å². The van der Waals surface area contributed by atoms with Crippen molar-refractivity contribution < 1.29 is 9.53 Å². The maximum Gasteiger partial charge on any atom is 0.138 e. The van der Waals surface area contributed by atoms with Crippen LogP contribution in [0.15, 0.2) is 18.2 Å². The van der Waals surface area contributed by atoms with E-state index in [1.165, 1.54) is 31.3 Å². The molecule has 0 spiro atoms. The first-order valence-electron chi connectivity index (χ1n) is 12.2. The van der Waals surface area contributed by atoms with Crippen LogP contribution < -0.4 is 10.2 Å². The summed E-state index contributed by atoms with van der Waals surface area (Å²) >= 11 is 3.59. The van der Waals surface area contributed by atoms with Gasteiger partial charge in [0.25, 0.3) is 0 Å². The fourth-order valence-electron chi connectivity index (χ4n) is 4.78. The minimum absolute atomic E-state index is 0.360. The number of nitrogens with zero attached hydrogens (tertiary/aromatic N) is 2. The summed E-state index contributed by atoms with van der Waals surface area (Å²) in [6.45, 7) is 9.76. The van der Waals surface area contributed by atoms with Gasteiger partial charge in [0.15, 0.2) is 0 Å². The molecule has 5 nitrogen and oxygen atoms in total. The quantitative estimate of drug-likeness (QED) is 0.462. The Balaban J connectivity index is 1.44. The third kappa shape index (κ3) is 5.16. The van der Waals surface area contributed by atoms with Crippen LogP contribution in [0.4, 0.5) is 5.69 Å². The summed E-state index contributed by atoms with van der Waals surface area (Å²) in [5.41, 5.74) is 4.95. The van der Waals surface area contributed by atoms with Crippen LogP contribution in [0.5, 0.6) is 0 Å². The third-order valence-electron chi connectivity index (χ3n) is 6.56. The number of morpholine rings is 1. The molecular weight excluding hydrogens is 450 g/mol. The molecule has 3 aromatic rings. The molecule has 0 saturated carbocycles. The normalized spacial score (nSPS) is 16.5. The van der Waals surface area contributed by atoms with Crippen LogP contribution in [0.1, 0.15) is 48.4 Å². The van der Waals surface area contributed by atoms with Gasteiger partial charge in [0.2, 0.25) is 0 Å². The molecule has 1 saturated heterocycles. The van der Waals surface area contributed by atoms with Gasteiger partial charge in [-0.25, -0.2) is 4.98 Å². The Morgan fingerprint density at radius 2 is 2.09 bits per heavy atom. The summed E-state index contributed by atoms with van der Waals surface area (Å²) in [5, 5.41) is 4.57. The first-order valence-corrected chi connectivity index (χ1v) is 13.8. The topological polar surface area (TPSA) is 54.5 Å². The zero-order valence-electron chi connectivity index (χ0n) is 19.6. The molecule has 0 amide bonds. The zero-order valence-corrected chi connectivity index (χ0v) is 21.2. The number of thiophene rings is 1. The van der Waals surface area contributed by atoms with Crippen molar-refractivity contribution in [1.29, 1.82) is 0 Å². The number of fused-ring (bicyclic) bond motifs is 2. The Kier molecular flexibility index (Phi) is 7.11. The van der Waals surface area contributed by atoms with Crippen molar-refractivity contribution in [2.24, 2.45) is 5.92 Å². The molecular formula is C26H33N3O2S2. The van der Waals surface area contributed by atoms with Gasteiger partial charge >= 0.3 is 0 Å². The van der Waals surface area contributed by atoms with Gasteiger partial charge in [0.1, 0.15) is 10.8 Å². The lowest BCUT2D eigenvalue weighted by atomic mass is 9.99. The van der Waals surface area contributed by atoms with E-state index >= 15 is 0 Å². The predicted molar refractivity (Wildman–Crippen MR) is 139 cm³/mol. The van der Waals surface area contributed by atoms with E-state index in [9.17, 15) is 4.79 Å². The van der Waals surface area contributed by atoms with Crippen molar-refractivity contribution in [2.75, 3.05) is 37.7 Å². The smallest absolute Gasteiger partial charge is 0.138 e. The van der Waals surface area contributed by atoms with Crippen LogP contribution in [0.3, 0.4) is 0 Å². The van der Waals surface area contributed by atoms with Gasteiger partial charge in [0, 0.05) is 53.5 Å². The highest BCUT2D eigenvalue weighted by Crippen LogP contribution is 2.42. The van der Waals surface area contributed by atoms with E-state index in [4.69, 9.17) is 9.72 Å². The van der Waals surface area contributed by atoms with Gasteiger partial charge in [-0.3, -0.25) is 4.79 Å². The Morgan fingerprint density at radius 1 is 1.24 bits per heavy atom. The number of carbonyl (C=O) groups is 1. The number of ketones is 1. The van der Waals surface area contributed by atoms with E-state index < -0.39 is 0 Å². The average Bonchev–Trinajstić information content (AvgIpc) is 3.39. The number of thiazole rings is 1. The fourth-order valence-corrected chi connectivity index (χ4v) is 7.24. The molecule has 0 bridgehead atoms. The zero-order chi connectivity index (χ0) is 22.8. The Bertz CT molecular complexity index is 1130. The highest BCUT2D eigenvalue weighted by atomic mass is 32.1. The lowest BCUT2D eigenvalue weighted by Gasteiger charge is -2.28. The summed E-state index contributed by atoms with van der Waals surface area (Å²) in [4.78, 5) is 22.9. The first kappa shape index (κ1) is 23.0. The molecule has 2 aliphatic rings. The van der Waals surface area contributed by atoms with Crippen molar-refractivity contribution in [3.05, 3.63) is 33.5 Å². The number of hydrogen-bond acceptors (Lipinski definition) is 7. The van der Waals surface area contributed by atoms with E-state index in [2.05, 4.69) is 42.3 Å². The number of aromatic nitrogens is 1. The van der Waals surface area contributed by atoms with Crippen LogP contribution in [0.25, 0.3) is 20.8 Å². The number of benzene rings is 1. The van der Waals surface area contributed by atoms with E-state index in [0.29, 0.717) is 24.5 Å². The molecule has 1 aromatic carbocycles. The number of hydrogen-bond donors (Lipinski definition) is 1. The summed E-state index contributed by atoms with van der Waals surface area (Å²) in [6.07, 6.45) is 4.34. The van der Waals surface area contributed by atoms with Crippen molar-refractivity contribution in [3.8, 4) is 10.6 Å². The van der Waals surface area contributed by atoms with Gasteiger partial charge < -0.3 is 15.0 Å². The van der Waals surface area contributed by atoms with Gasteiger partial charge in [-0.05, 0) is 49.1 Å². The minimum Gasteiger partial charge on any atom is -0.378 e. The lowest BCUT2D eigenvalue weighted by molar-refractivity contribution is -0.118. The molecule has 1 N–H and O–H groups in total. The van der Waals surface area contributed by atoms with Crippen molar-refractivity contribution in [3.63, 3.8) is 0 Å². The molecule has 0 radical (unpaired) electrons. The van der Waals surface area contributed by atoms with E-state index in [0.717, 1.165) is 69.2 Å². The van der Waals surface area contributed by atoms with Gasteiger partial charge in [-0.15, -0.1) is 22.7 Å². The van der Waals surface area contributed by atoms with E-state index in [-0.39, 0.29) is 0 Å². The Hall–Kier alpha value is -1.80. The Morgan fingerprint density at radius 3 is 2.91 bits per heavy atom. The molecule has 5 rings (SSSR count). The standard InChI is InChI=1S/C26H33N3O2S2/c1-17(2)4-3-5-19(30)15-23-25(20-8-9-27-16-24(20)32-23)26-28-21-14-18(6-7-22(21)33-26)29-10-12-31-13-11-29/h6-7,14,17,27H,3-5,8-13,15-16H2,1-2H3. The second kappa shape index (κ2) is 10.2. The number of anilines is 1. The van der Waals surface area contributed by atoms with E-state index in [1.54, 1.807) is 11.3 Å². The summed E-state index contributed by atoms with van der Waals surface area (Å²) in [7, 11) is 0. The second-order valence-corrected chi connectivity index (χ2v) is 11.7. The molecule has 0 atom stereocenters. The molecule has 0 unspecified atom stereocenters. The van der Waals surface area contributed by atoms with Crippen LogP contribution in [0.2, 0.25) is 0 Å². The first-order chi connectivity index (χ1) is 16.1. The van der Waals surface area contributed by atoms with Crippen molar-refractivity contribution >= 4 is 44.4 Å². The third-order valence-corrected chi connectivity index (χ3v) is 8.84. The summed E-state index contributed by atoms with van der Waals surface area (Å²) in [5.74, 6) is 1.01. The monoisotopic (exact) mass is 483 g/mol. The van der Waals surface area contributed by atoms with Gasteiger partial charge in [0.05, 0.1) is 23.4 Å². The largest absolute Gasteiger partial charge is 0.378 e. The van der Waals surface area contributed by atoms with Crippen molar-refractivity contribution in [1.82, 2.24) is 10.3 Å². The van der Waals surface area contributed by atoms with Crippen LogP contribution in [0, 0.1) is 5.92 Å². The SMILES string of the molecule is CC(C)CCCC(=O)Cc1sc2c(c1-c1nc3cc(N4CCOCC4)ccc3s1)CCNC2. The fraction of sp³-hybridized carbons (Fsp3) is 0.538. The van der Waals surface area contributed by atoms with Gasteiger partial charge in [-0.1, -0.05) is 20.3 Å². The highest BCUT2D eigenvalue weighted by molar-refractivity contribution is 7.22. The van der Waals surface area contributed by atoms with Crippen LogP contribution in [-0.4, -0.2) is 43.6 Å². The molecule has 2 aromatic heterocycles. The van der Waals surface area contributed by atoms with Crippen molar-refractivity contribution in [2.45, 2.75) is 52.5 Å². The molecule has 2 aliphatic heterocycles. The second-order valence-electron chi connectivity index (χ2n) is 9.50. The number of rotatable bonds is 8. The number of carbonyl (C=O) groups excluding carboxylic acids is 1.